The SMILES string of the molecule is Cc1cccc(CN(C)C(=O)C(C)C(C)C(=O)O)c1. The third-order valence-electron chi connectivity index (χ3n) is 3.41. The maximum absolute atomic E-state index is 12.1. The first-order chi connectivity index (χ1) is 8.82. The molecule has 0 saturated heterocycles. The van der Waals surface area contributed by atoms with E-state index in [1.807, 2.05) is 31.2 Å². The molecule has 0 aromatic heterocycles. The Morgan fingerprint density at radius 2 is 1.89 bits per heavy atom. The molecule has 1 rings (SSSR count). The molecule has 4 nitrogen and oxygen atoms in total. The van der Waals surface area contributed by atoms with E-state index in [1.54, 1.807) is 25.8 Å². The molecule has 104 valence electrons. The minimum atomic E-state index is -0.940. The number of amides is 1. The summed E-state index contributed by atoms with van der Waals surface area (Å²) in [7, 11) is 1.70. The lowest BCUT2D eigenvalue weighted by Gasteiger charge is -2.23. The Morgan fingerprint density at radius 1 is 1.26 bits per heavy atom. The maximum Gasteiger partial charge on any atom is 0.307 e. The summed E-state index contributed by atoms with van der Waals surface area (Å²) in [6.07, 6.45) is 0. The van der Waals surface area contributed by atoms with Gasteiger partial charge in [-0.1, -0.05) is 43.7 Å². The highest BCUT2D eigenvalue weighted by Gasteiger charge is 2.27. The van der Waals surface area contributed by atoms with Crippen molar-refractivity contribution in [1.82, 2.24) is 4.90 Å². The summed E-state index contributed by atoms with van der Waals surface area (Å²) >= 11 is 0. The van der Waals surface area contributed by atoms with Crippen molar-refractivity contribution in [1.29, 1.82) is 0 Å². The van der Waals surface area contributed by atoms with E-state index in [1.165, 1.54) is 0 Å². The zero-order valence-electron chi connectivity index (χ0n) is 11.9. The van der Waals surface area contributed by atoms with E-state index in [0.29, 0.717) is 6.54 Å². The average Bonchev–Trinajstić information content (AvgIpc) is 2.35. The summed E-state index contributed by atoms with van der Waals surface area (Å²) < 4.78 is 0. The van der Waals surface area contributed by atoms with Gasteiger partial charge in [-0.05, 0) is 12.5 Å². The van der Waals surface area contributed by atoms with Crippen molar-refractivity contribution < 1.29 is 14.7 Å². The molecular weight excluding hydrogens is 242 g/mol. The second-order valence-corrected chi connectivity index (χ2v) is 5.10. The third kappa shape index (κ3) is 4.09. The van der Waals surface area contributed by atoms with Crippen molar-refractivity contribution >= 4 is 11.9 Å². The Labute approximate surface area is 114 Å². The number of aryl methyl sites for hydroxylation is 1. The Morgan fingerprint density at radius 3 is 2.42 bits per heavy atom. The summed E-state index contributed by atoms with van der Waals surface area (Å²) in [4.78, 5) is 24.6. The van der Waals surface area contributed by atoms with Crippen LogP contribution in [0.5, 0.6) is 0 Å². The number of benzene rings is 1. The Bertz CT molecular complexity index is 470. The molecular formula is C15H21NO3. The molecule has 1 aromatic rings. The van der Waals surface area contributed by atoms with E-state index in [-0.39, 0.29) is 5.91 Å². The van der Waals surface area contributed by atoms with E-state index in [9.17, 15) is 9.59 Å². The molecule has 0 spiro atoms. The topological polar surface area (TPSA) is 57.6 Å². The highest BCUT2D eigenvalue weighted by molar-refractivity contribution is 5.84. The number of carbonyl (C=O) groups is 2. The van der Waals surface area contributed by atoms with Crippen LogP contribution in [0.2, 0.25) is 0 Å². The van der Waals surface area contributed by atoms with Gasteiger partial charge in [0.2, 0.25) is 5.91 Å². The summed E-state index contributed by atoms with van der Waals surface area (Å²) in [6, 6.07) is 7.93. The van der Waals surface area contributed by atoms with Gasteiger partial charge in [-0.25, -0.2) is 0 Å². The number of hydrogen-bond donors (Lipinski definition) is 1. The second kappa shape index (κ2) is 6.36. The summed E-state index contributed by atoms with van der Waals surface area (Å²) in [5.41, 5.74) is 2.19. The fourth-order valence-corrected chi connectivity index (χ4v) is 1.94. The molecule has 0 heterocycles. The first-order valence-corrected chi connectivity index (χ1v) is 6.36. The first-order valence-electron chi connectivity index (χ1n) is 6.36. The minimum absolute atomic E-state index is 0.142. The Kier molecular flexibility index (Phi) is 5.10. The molecule has 4 heteroatoms. The van der Waals surface area contributed by atoms with Crippen LogP contribution in [-0.2, 0) is 16.1 Å². The summed E-state index contributed by atoms with van der Waals surface area (Å²) in [6.45, 7) is 5.72. The lowest BCUT2D eigenvalue weighted by Crippen LogP contribution is -2.36. The van der Waals surface area contributed by atoms with Gasteiger partial charge >= 0.3 is 5.97 Å². The predicted octanol–water partition coefficient (Wildman–Crippen LogP) is 2.31. The van der Waals surface area contributed by atoms with Gasteiger partial charge in [0.25, 0.3) is 0 Å². The van der Waals surface area contributed by atoms with Crippen molar-refractivity contribution in [2.24, 2.45) is 11.8 Å². The number of carboxylic acid groups (broad SMARTS) is 1. The summed E-state index contributed by atoms with van der Waals surface area (Å²) in [5, 5.41) is 8.94. The van der Waals surface area contributed by atoms with E-state index in [4.69, 9.17) is 5.11 Å². The van der Waals surface area contributed by atoms with Gasteiger partial charge in [0, 0.05) is 19.5 Å². The van der Waals surface area contributed by atoms with E-state index >= 15 is 0 Å². The number of aliphatic carboxylic acids is 1. The quantitative estimate of drug-likeness (QED) is 0.887. The van der Waals surface area contributed by atoms with Gasteiger partial charge in [-0.15, -0.1) is 0 Å². The van der Waals surface area contributed by atoms with E-state index < -0.39 is 17.8 Å². The molecule has 19 heavy (non-hydrogen) atoms. The van der Waals surface area contributed by atoms with Gasteiger partial charge < -0.3 is 10.0 Å². The van der Waals surface area contributed by atoms with Crippen molar-refractivity contribution in [3.63, 3.8) is 0 Å². The predicted molar refractivity (Wildman–Crippen MR) is 73.6 cm³/mol. The monoisotopic (exact) mass is 263 g/mol. The van der Waals surface area contributed by atoms with E-state index in [2.05, 4.69) is 0 Å². The van der Waals surface area contributed by atoms with Gasteiger partial charge in [-0.2, -0.15) is 0 Å². The molecule has 0 aliphatic carbocycles. The number of hydrogen-bond acceptors (Lipinski definition) is 2. The summed E-state index contributed by atoms with van der Waals surface area (Å²) in [5.74, 6) is -2.28. The Balaban J connectivity index is 2.70. The van der Waals surface area contributed by atoms with Gasteiger partial charge in [0.05, 0.1) is 5.92 Å². The zero-order chi connectivity index (χ0) is 14.6. The molecule has 0 aliphatic heterocycles. The molecule has 0 fully saturated rings. The van der Waals surface area contributed by atoms with Crippen LogP contribution >= 0.6 is 0 Å². The largest absolute Gasteiger partial charge is 0.481 e. The van der Waals surface area contributed by atoms with Crippen LogP contribution < -0.4 is 0 Å². The molecule has 2 atom stereocenters. The molecule has 1 aromatic carbocycles. The lowest BCUT2D eigenvalue weighted by atomic mass is 9.94. The highest BCUT2D eigenvalue weighted by Crippen LogP contribution is 2.16. The van der Waals surface area contributed by atoms with Crippen LogP contribution in [0.4, 0.5) is 0 Å². The van der Waals surface area contributed by atoms with Crippen LogP contribution in [0.3, 0.4) is 0 Å². The number of nitrogens with zero attached hydrogens (tertiary/aromatic N) is 1. The zero-order valence-corrected chi connectivity index (χ0v) is 11.9. The number of carbonyl (C=O) groups excluding carboxylic acids is 1. The second-order valence-electron chi connectivity index (χ2n) is 5.10. The molecule has 1 N–H and O–H groups in total. The molecule has 1 amide bonds. The van der Waals surface area contributed by atoms with Crippen LogP contribution in [0.15, 0.2) is 24.3 Å². The standard InChI is InChI=1S/C15H21NO3/c1-10-6-5-7-13(8-10)9-16(4)14(17)11(2)12(3)15(18)19/h5-8,11-12H,9H2,1-4H3,(H,18,19). The van der Waals surface area contributed by atoms with Gasteiger partial charge in [0.1, 0.15) is 0 Å². The van der Waals surface area contributed by atoms with E-state index in [0.717, 1.165) is 11.1 Å². The van der Waals surface area contributed by atoms with Crippen molar-refractivity contribution in [2.45, 2.75) is 27.3 Å². The maximum atomic E-state index is 12.1. The van der Waals surface area contributed by atoms with Crippen LogP contribution in [0.1, 0.15) is 25.0 Å². The van der Waals surface area contributed by atoms with Crippen molar-refractivity contribution in [2.75, 3.05) is 7.05 Å². The van der Waals surface area contributed by atoms with Crippen LogP contribution in [0, 0.1) is 18.8 Å². The minimum Gasteiger partial charge on any atom is -0.481 e. The Hall–Kier alpha value is -1.84. The first kappa shape index (κ1) is 15.2. The molecule has 0 bridgehead atoms. The average molecular weight is 263 g/mol. The smallest absolute Gasteiger partial charge is 0.307 e. The molecule has 2 unspecified atom stereocenters. The highest BCUT2D eigenvalue weighted by atomic mass is 16.4. The fourth-order valence-electron chi connectivity index (χ4n) is 1.94. The molecule has 0 radical (unpaired) electrons. The van der Waals surface area contributed by atoms with Crippen LogP contribution in [-0.4, -0.2) is 28.9 Å². The third-order valence-corrected chi connectivity index (χ3v) is 3.41. The number of carboxylic acids is 1. The normalized spacial score (nSPS) is 13.7. The molecule has 0 aliphatic rings. The van der Waals surface area contributed by atoms with Crippen molar-refractivity contribution in [3.8, 4) is 0 Å². The van der Waals surface area contributed by atoms with Crippen LogP contribution in [0.25, 0.3) is 0 Å². The van der Waals surface area contributed by atoms with Crippen molar-refractivity contribution in [3.05, 3.63) is 35.4 Å². The van der Waals surface area contributed by atoms with Gasteiger partial charge in [0.15, 0.2) is 0 Å². The van der Waals surface area contributed by atoms with Gasteiger partial charge in [-0.3, -0.25) is 9.59 Å². The fraction of sp³-hybridized carbons (Fsp3) is 0.467. The number of rotatable bonds is 5. The lowest BCUT2D eigenvalue weighted by molar-refractivity contribution is -0.148. The molecule has 0 saturated carbocycles.